The minimum absolute atomic E-state index is 0.263. The molecule has 36 heavy (non-hydrogen) atoms. The SMILES string of the molecule is CCOC(=O)c1cc(-c2cccc(C)c2)nn1-c1cc(N2CCOCC2)c2ncn(CCOC)c2n1. The Morgan fingerprint density at radius 3 is 2.75 bits per heavy atom. The summed E-state index contributed by atoms with van der Waals surface area (Å²) in [6.07, 6.45) is 1.78. The lowest BCUT2D eigenvalue weighted by molar-refractivity contribution is 0.0515. The van der Waals surface area contributed by atoms with E-state index in [1.807, 2.05) is 41.8 Å². The van der Waals surface area contributed by atoms with Crippen molar-refractivity contribution in [2.24, 2.45) is 0 Å². The number of ether oxygens (including phenoxy) is 3. The van der Waals surface area contributed by atoms with E-state index < -0.39 is 5.97 Å². The zero-order chi connectivity index (χ0) is 25.1. The van der Waals surface area contributed by atoms with Gasteiger partial charge in [0, 0.05) is 38.4 Å². The number of anilines is 1. The Hall–Kier alpha value is -3.76. The minimum atomic E-state index is -0.452. The molecule has 1 aliphatic heterocycles. The molecule has 10 heteroatoms. The lowest BCUT2D eigenvalue weighted by Crippen LogP contribution is -2.36. The number of hydrogen-bond acceptors (Lipinski definition) is 8. The van der Waals surface area contributed by atoms with Crippen LogP contribution in [-0.4, -0.2) is 76.9 Å². The third-order valence-electron chi connectivity index (χ3n) is 6.15. The molecule has 4 heterocycles. The fraction of sp³-hybridized carbons (Fsp3) is 0.385. The van der Waals surface area contributed by atoms with Crippen molar-refractivity contribution in [3.8, 4) is 17.1 Å². The normalized spacial score (nSPS) is 13.9. The second-order valence-corrected chi connectivity index (χ2v) is 8.62. The minimum Gasteiger partial charge on any atom is -0.461 e. The first-order valence-corrected chi connectivity index (χ1v) is 12.1. The summed E-state index contributed by atoms with van der Waals surface area (Å²) in [4.78, 5) is 24.8. The fourth-order valence-electron chi connectivity index (χ4n) is 4.36. The molecule has 10 nitrogen and oxygen atoms in total. The standard InChI is InChI=1S/C26H30N6O4/c1-4-36-26(33)22-15-20(19-7-5-6-18(2)14-19)29-32(22)23-16-21(30-9-12-35-13-10-30)24-25(28-23)31(17-27-24)8-11-34-3/h5-7,14-17H,4,8-13H2,1-3H3. The lowest BCUT2D eigenvalue weighted by Gasteiger charge is -2.29. The molecule has 0 atom stereocenters. The predicted molar refractivity (Wildman–Crippen MR) is 136 cm³/mol. The molecule has 5 rings (SSSR count). The summed E-state index contributed by atoms with van der Waals surface area (Å²) in [6.45, 7) is 7.95. The Kier molecular flexibility index (Phi) is 6.97. The number of aromatic nitrogens is 5. The summed E-state index contributed by atoms with van der Waals surface area (Å²) >= 11 is 0. The van der Waals surface area contributed by atoms with Gasteiger partial charge in [-0.3, -0.25) is 0 Å². The molecular formula is C26H30N6O4. The molecule has 0 unspecified atom stereocenters. The molecule has 0 saturated carbocycles. The number of fused-ring (bicyclic) bond motifs is 1. The molecule has 1 aliphatic rings. The molecule has 0 aliphatic carbocycles. The van der Waals surface area contributed by atoms with Crippen LogP contribution in [0.4, 0.5) is 5.69 Å². The lowest BCUT2D eigenvalue weighted by atomic mass is 10.1. The van der Waals surface area contributed by atoms with E-state index in [1.165, 1.54) is 0 Å². The average Bonchev–Trinajstić information content (AvgIpc) is 3.52. The van der Waals surface area contributed by atoms with Gasteiger partial charge in [-0.25, -0.2) is 19.4 Å². The maximum Gasteiger partial charge on any atom is 0.357 e. The first-order valence-electron chi connectivity index (χ1n) is 12.1. The number of esters is 1. The summed E-state index contributed by atoms with van der Waals surface area (Å²) in [5.41, 5.74) is 5.43. The van der Waals surface area contributed by atoms with Gasteiger partial charge in [0.2, 0.25) is 0 Å². The van der Waals surface area contributed by atoms with Crippen LogP contribution in [0.1, 0.15) is 23.0 Å². The summed E-state index contributed by atoms with van der Waals surface area (Å²) < 4.78 is 19.8. The van der Waals surface area contributed by atoms with Crippen LogP contribution in [0.15, 0.2) is 42.7 Å². The zero-order valence-electron chi connectivity index (χ0n) is 20.8. The first kappa shape index (κ1) is 24.0. The molecule has 0 N–H and O–H groups in total. The van der Waals surface area contributed by atoms with Crippen molar-refractivity contribution in [3.05, 3.63) is 54.0 Å². The van der Waals surface area contributed by atoms with Crippen molar-refractivity contribution in [2.75, 3.05) is 51.5 Å². The Morgan fingerprint density at radius 1 is 1.17 bits per heavy atom. The van der Waals surface area contributed by atoms with Crippen molar-refractivity contribution >= 4 is 22.8 Å². The maximum atomic E-state index is 13.0. The van der Waals surface area contributed by atoms with Gasteiger partial charge in [-0.2, -0.15) is 5.10 Å². The highest BCUT2D eigenvalue weighted by molar-refractivity contribution is 5.91. The highest BCUT2D eigenvalue weighted by Gasteiger charge is 2.24. The van der Waals surface area contributed by atoms with Gasteiger partial charge < -0.3 is 23.7 Å². The van der Waals surface area contributed by atoms with E-state index in [-0.39, 0.29) is 6.61 Å². The molecule has 1 aromatic carbocycles. The number of carbonyl (C=O) groups excluding carboxylic acids is 1. The number of hydrogen-bond donors (Lipinski definition) is 0. The van der Waals surface area contributed by atoms with Crippen LogP contribution < -0.4 is 4.90 Å². The highest BCUT2D eigenvalue weighted by Crippen LogP contribution is 2.30. The monoisotopic (exact) mass is 490 g/mol. The molecule has 1 fully saturated rings. The van der Waals surface area contributed by atoms with Crippen LogP contribution >= 0.6 is 0 Å². The third-order valence-corrected chi connectivity index (χ3v) is 6.15. The van der Waals surface area contributed by atoms with Gasteiger partial charge in [0.25, 0.3) is 0 Å². The molecule has 0 radical (unpaired) electrons. The summed E-state index contributed by atoms with van der Waals surface area (Å²) in [5.74, 6) is 0.0664. The van der Waals surface area contributed by atoms with Crippen molar-refractivity contribution in [3.63, 3.8) is 0 Å². The van der Waals surface area contributed by atoms with Crippen LogP contribution in [0.2, 0.25) is 0 Å². The molecule has 3 aromatic heterocycles. The van der Waals surface area contributed by atoms with Crippen molar-refractivity contribution in [2.45, 2.75) is 20.4 Å². The number of benzene rings is 1. The number of morpholine rings is 1. The molecule has 0 amide bonds. The quantitative estimate of drug-likeness (QED) is 0.347. The fourth-order valence-corrected chi connectivity index (χ4v) is 4.36. The van der Waals surface area contributed by atoms with E-state index >= 15 is 0 Å². The smallest absolute Gasteiger partial charge is 0.357 e. The van der Waals surface area contributed by atoms with Gasteiger partial charge in [-0.15, -0.1) is 0 Å². The molecule has 188 valence electrons. The number of imidazole rings is 1. The number of methoxy groups -OCH3 is 1. The molecule has 0 bridgehead atoms. The number of nitrogens with zero attached hydrogens (tertiary/aromatic N) is 6. The Labute approximate surface area is 209 Å². The van der Waals surface area contributed by atoms with E-state index in [0.29, 0.717) is 49.2 Å². The Morgan fingerprint density at radius 2 is 2.00 bits per heavy atom. The van der Waals surface area contributed by atoms with Crippen LogP contribution in [0.3, 0.4) is 0 Å². The largest absolute Gasteiger partial charge is 0.461 e. The zero-order valence-corrected chi connectivity index (χ0v) is 20.8. The second-order valence-electron chi connectivity index (χ2n) is 8.62. The highest BCUT2D eigenvalue weighted by atomic mass is 16.5. The average molecular weight is 491 g/mol. The van der Waals surface area contributed by atoms with Gasteiger partial charge in [-0.05, 0) is 26.0 Å². The van der Waals surface area contributed by atoms with Gasteiger partial charge in [0.1, 0.15) is 5.52 Å². The van der Waals surface area contributed by atoms with Crippen molar-refractivity contribution < 1.29 is 19.0 Å². The van der Waals surface area contributed by atoms with E-state index in [2.05, 4.69) is 9.88 Å². The van der Waals surface area contributed by atoms with E-state index in [9.17, 15) is 4.79 Å². The van der Waals surface area contributed by atoms with Crippen molar-refractivity contribution in [1.29, 1.82) is 0 Å². The van der Waals surface area contributed by atoms with Crippen LogP contribution in [-0.2, 0) is 20.8 Å². The molecule has 4 aromatic rings. The Bertz CT molecular complexity index is 1370. The molecule has 1 saturated heterocycles. The van der Waals surface area contributed by atoms with Gasteiger partial charge >= 0.3 is 5.97 Å². The predicted octanol–water partition coefficient (Wildman–Crippen LogP) is 3.25. The summed E-state index contributed by atoms with van der Waals surface area (Å²) in [5, 5.41) is 4.82. The van der Waals surface area contributed by atoms with E-state index in [0.717, 1.165) is 35.4 Å². The number of aryl methyl sites for hydroxylation is 1. The topological polar surface area (TPSA) is 96.5 Å². The Balaban J connectivity index is 1.69. The third kappa shape index (κ3) is 4.69. The molecule has 0 spiro atoms. The van der Waals surface area contributed by atoms with Gasteiger partial charge in [-0.1, -0.05) is 23.8 Å². The maximum absolute atomic E-state index is 13.0. The number of pyridine rings is 1. The number of carbonyl (C=O) groups is 1. The number of rotatable bonds is 8. The molecular weight excluding hydrogens is 460 g/mol. The first-order chi connectivity index (χ1) is 17.6. The van der Waals surface area contributed by atoms with Crippen molar-refractivity contribution in [1.82, 2.24) is 24.3 Å². The van der Waals surface area contributed by atoms with Crippen LogP contribution in [0, 0.1) is 6.92 Å². The van der Waals surface area contributed by atoms with Gasteiger partial charge in [0.05, 0.1) is 44.1 Å². The van der Waals surface area contributed by atoms with E-state index in [1.54, 1.807) is 31.1 Å². The van der Waals surface area contributed by atoms with Crippen LogP contribution in [0.25, 0.3) is 28.2 Å². The van der Waals surface area contributed by atoms with E-state index in [4.69, 9.17) is 24.3 Å². The summed E-state index contributed by atoms with van der Waals surface area (Å²) in [6, 6.07) is 11.7. The summed E-state index contributed by atoms with van der Waals surface area (Å²) in [7, 11) is 1.67. The van der Waals surface area contributed by atoms with Gasteiger partial charge in [0.15, 0.2) is 17.2 Å². The second kappa shape index (κ2) is 10.5. The van der Waals surface area contributed by atoms with Crippen LogP contribution in [0.5, 0.6) is 0 Å².